The first kappa shape index (κ1) is 13.2. The lowest BCUT2D eigenvalue weighted by atomic mass is 10.2. The fraction of sp³-hybridized carbons (Fsp3) is 0.364. The van der Waals surface area contributed by atoms with E-state index < -0.39 is 23.8 Å². The maximum atomic E-state index is 12.7. The van der Waals surface area contributed by atoms with E-state index in [-0.39, 0.29) is 5.89 Å². The van der Waals surface area contributed by atoms with Gasteiger partial charge in [-0.25, -0.2) is 18.6 Å². The van der Waals surface area contributed by atoms with Gasteiger partial charge in [0.2, 0.25) is 11.7 Å². The number of aromatic carboxylic acids is 1. The molecule has 8 heteroatoms. The average Bonchev–Trinajstić information content (AvgIpc) is 2.91. The number of oxazole rings is 1. The van der Waals surface area contributed by atoms with Gasteiger partial charge in [-0.3, -0.25) is 4.68 Å². The first-order valence-corrected chi connectivity index (χ1v) is 5.49. The molecule has 0 aliphatic carbocycles. The molecule has 2 aromatic heterocycles. The maximum Gasteiger partial charge on any atom is 0.374 e. The standard InChI is InChI=1S/C11H11F2N3O3/c1-3-6-5(4-16(2)15-6)10-14-7(9(12)13)8(19-10)11(17)18/h4,9H,3H2,1-2H3,(H,17,18). The van der Waals surface area contributed by atoms with Gasteiger partial charge >= 0.3 is 5.97 Å². The van der Waals surface area contributed by atoms with Crippen molar-refractivity contribution in [1.82, 2.24) is 14.8 Å². The van der Waals surface area contributed by atoms with Gasteiger partial charge in [-0.05, 0) is 6.42 Å². The van der Waals surface area contributed by atoms with Crippen LogP contribution in [0.2, 0.25) is 0 Å². The Labute approximate surface area is 106 Å². The summed E-state index contributed by atoms with van der Waals surface area (Å²) in [4.78, 5) is 14.4. The Morgan fingerprint density at radius 2 is 2.26 bits per heavy atom. The number of rotatable bonds is 4. The summed E-state index contributed by atoms with van der Waals surface area (Å²) in [6.45, 7) is 1.83. The second-order valence-electron chi connectivity index (χ2n) is 3.86. The summed E-state index contributed by atoms with van der Waals surface area (Å²) in [5, 5.41) is 12.9. The van der Waals surface area contributed by atoms with Crippen molar-refractivity contribution in [1.29, 1.82) is 0 Å². The third-order valence-corrected chi connectivity index (χ3v) is 2.52. The zero-order valence-electron chi connectivity index (χ0n) is 10.2. The van der Waals surface area contributed by atoms with E-state index in [0.29, 0.717) is 17.7 Å². The predicted octanol–water partition coefficient (Wildman–Crippen LogP) is 2.27. The monoisotopic (exact) mass is 271 g/mol. The van der Waals surface area contributed by atoms with Crippen LogP contribution in [0.5, 0.6) is 0 Å². The number of carboxylic acid groups (broad SMARTS) is 1. The highest BCUT2D eigenvalue weighted by molar-refractivity contribution is 5.86. The van der Waals surface area contributed by atoms with Gasteiger partial charge in [0.25, 0.3) is 6.43 Å². The molecule has 0 aliphatic heterocycles. The van der Waals surface area contributed by atoms with E-state index in [1.807, 2.05) is 6.92 Å². The smallest absolute Gasteiger partial charge is 0.374 e. The highest BCUT2D eigenvalue weighted by Crippen LogP contribution is 2.29. The van der Waals surface area contributed by atoms with E-state index in [9.17, 15) is 13.6 Å². The molecule has 19 heavy (non-hydrogen) atoms. The van der Waals surface area contributed by atoms with Gasteiger partial charge in [-0.15, -0.1) is 0 Å². The number of aryl methyl sites for hydroxylation is 2. The number of halogens is 2. The van der Waals surface area contributed by atoms with Gasteiger partial charge in [-0.1, -0.05) is 6.92 Å². The van der Waals surface area contributed by atoms with Crippen molar-refractivity contribution >= 4 is 5.97 Å². The molecule has 0 saturated carbocycles. The highest BCUT2D eigenvalue weighted by Gasteiger charge is 2.28. The topological polar surface area (TPSA) is 81.2 Å². The van der Waals surface area contributed by atoms with Crippen molar-refractivity contribution in [3.8, 4) is 11.5 Å². The minimum Gasteiger partial charge on any atom is -0.475 e. The minimum atomic E-state index is -3.01. The molecule has 6 nitrogen and oxygen atoms in total. The van der Waals surface area contributed by atoms with E-state index in [1.165, 1.54) is 4.68 Å². The lowest BCUT2D eigenvalue weighted by Crippen LogP contribution is -1.99. The summed E-state index contributed by atoms with van der Waals surface area (Å²) in [7, 11) is 1.66. The summed E-state index contributed by atoms with van der Waals surface area (Å²) >= 11 is 0. The summed E-state index contributed by atoms with van der Waals surface area (Å²) in [6, 6.07) is 0. The number of hydrogen-bond acceptors (Lipinski definition) is 4. The number of nitrogens with zero attached hydrogens (tertiary/aromatic N) is 3. The van der Waals surface area contributed by atoms with Crippen LogP contribution in [-0.2, 0) is 13.5 Å². The van der Waals surface area contributed by atoms with E-state index in [2.05, 4.69) is 10.1 Å². The van der Waals surface area contributed by atoms with E-state index in [0.717, 1.165) is 0 Å². The van der Waals surface area contributed by atoms with Crippen molar-refractivity contribution in [2.75, 3.05) is 0 Å². The quantitative estimate of drug-likeness (QED) is 0.922. The molecule has 0 aromatic carbocycles. The van der Waals surface area contributed by atoms with Crippen molar-refractivity contribution in [2.45, 2.75) is 19.8 Å². The van der Waals surface area contributed by atoms with E-state index in [4.69, 9.17) is 9.52 Å². The molecule has 1 N–H and O–H groups in total. The number of aromatic nitrogens is 3. The first-order chi connectivity index (χ1) is 8.93. The molecule has 0 bridgehead atoms. The van der Waals surface area contributed by atoms with Crippen LogP contribution in [0.1, 0.15) is 35.3 Å². The van der Waals surface area contributed by atoms with Crippen molar-refractivity contribution in [3.05, 3.63) is 23.3 Å². The van der Waals surface area contributed by atoms with Crippen LogP contribution in [0, 0.1) is 0 Å². The maximum absolute atomic E-state index is 12.7. The Hall–Kier alpha value is -2.25. The number of carbonyl (C=O) groups is 1. The molecule has 0 fully saturated rings. The summed E-state index contributed by atoms with van der Waals surface area (Å²) in [5.74, 6) is -2.57. The van der Waals surface area contributed by atoms with Crippen LogP contribution in [0.4, 0.5) is 8.78 Å². The molecule has 2 aromatic rings. The molecule has 102 valence electrons. The minimum absolute atomic E-state index is 0.155. The van der Waals surface area contributed by atoms with Crippen LogP contribution in [0.25, 0.3) is 11.5 Å². The van der Waals surface area contributed by atoms with Gasteiger partial charge < -0.3 is 9.52 Å². The molecule has 0 radical (unpaired) electrons. The fourth-order valence-corrected chi connectivity index (χ4v) is 1.72. The Bertz CT molecular complexity index is 619. The Balaban J connectivity index is 2.57. The van der Waals surface area contributed by atoms with Crippen LogP contribution < -0.4 is 0 Å². The van der Waals surface area contributed by atoms with Crippen LogP contribution in [0.3, 0.4) is 0 Å². The molecule has 2 rings (SSSR count). The zero-order chi connectivity index (χ0) is 14.2. The molecule has 0 amide bonds. The summed E-state index contributed by atoms with van der Waals surface area (Å²) < 4.78 is 31.8. The number of carboxylic acids is 1. The molecule has 2 heterocycles. The van der Waals surface area contributed by atoms with Crippen molar-refractivity contribution in [3.63, 3.8) is 0 Å². The molecule has 0 atom stereocenters. The molecule has 0 aliphatic rings. The first-order valence-electron chi connectivity index (χ1n) is 5.49. The van der Waals surface area contributed by atoms with Crippen LogP contribution in [-0.4, -0.2) is 25.8 Å². The molecular formula is C11H11F2N3O3. The second kappa shape index (κ2) is 4.79. The van der Waals surface area contributed by atoms with Crippen LogP contribution >= 0.6 is 0 Å². The number of hydrogen-bond donors (Lipinski definition) is 1. The van der Waals surface area contributed by atoms with E-state index >= 15 is 0 Å². The SMILES string of the molecule is CCc1nn(C)cc1-c1nc(C(F)F)c(C(=O)O)o1. The normalized spacial score (nSPS) is 11.2. The predicted molar refractivity (Wildman–Crippen MR) is 60.0 cm³/mol. The Morgan fingerprint density at radius 1 is 1.58 bits per heavy atom. The van der Waals surface area contributed by atoms with Crippen molar-refractivity contribution in [2.24, 2.45) is 7.05 Å². The zero-order valence-corrected chi connectivity index (χ0v) is 10.2. The molecule has 0 unspecified atom stereocenters. The Morgan fingerprint density at radius 3 is 2.74 bits per heavy atom. The summed E-state index contributed by atoms with van der Waals surface area (Å²) in [5.41, 5.74) is 0.148. The largest absolute Gasteiger partial charge is 0.475 e. The van der Waals surface area contributed by atoms with Gasteiger partial charge in [0.15, 0.2) is 5.69 Å². The average molecular weight is 271 g/mol. The van der Waals surface area contributed by atoms with Crippen molar-refractivity contribution < 1.29 is 23.1 Å². The lowest BCUT2D eigenvalue weighted by Gasteiger charge is -1.92. The highest BCUT2D eigenvalue weighted by atomic mass is 19.3. The lowest BCUT2D eigenvalue weighted by molar-refractivity contribution is 0.0647. The van der Waals surface area contributed by atoms with Gasteiger partial charge in [-0.2, -0.15) is 5.10 Å². The molecular weight excluding hydrogens is 260 g/mol. The van der Waals surface area contributed by atoms with E-state index in [1.54, 1.807) is 13.2 Å². The third-order valence-electron chi connectivity index (χ3n) is 2.52. The van der Waals surface area contributed by atoms with Gasteiger partial charge in [0.1, 0.15) is 0 Å². The summed E-state index contributed by atoms with van der Waals surface area (Å²) in [6.07, 6.45) is -0.915. The molecule has 0 spiro atoms. The third kappa shape index (κ3) is 2.33. The second-order valence-corrected chi connectivity index (χ2v) is 3.86. The number of alkyl halides is 2. The fourth-order valence-electron chi connectivity index (χ4n) is 1.72. The molecule has 0 saturated heterocycles. The Kier molecular flexibility index (Phi) is 3.32. The van der Waals surface area contributed by atoms with Crippen LogP contribution in [0.15, 0.2) is 10.6 Å². The van der Waals surface area contributed by atoms with Gasteiger partial charge in [0.05, 0.1) is 11.3 Å². The van der Waals surface area contributed by atoms with Gasteiger partial charge in [0, 0.05) is 13.2 Å².